The third kappa shape index (κ3) is 3.82. The molecule has 0 aliphatic heterocycles. The van der Waals surface area contributed by atoms with Crippen LogP contribution < -0.4 is 16.0 Å². The number of carbonyl (C=O) groups is 3. The number of amides is 1. The number of anilines is 2. The summed E-state index contributed by atoms with van der Waals surface area (Å²) in [7, 11) is 3.53. The maximum Gasteiger partial charge on any atom is 0.255 e. The molecule has 0 bridgehead atoms. The Balaban J connectivity index is 1.62. The van der Waals surface area contributed by atoms with Gasteiger partial charge in [0.2, 0.25) is 5.78 Å². The summed E-state index contributed by atoms with van der Waals surface area (Å²) in [5, 5.41) is 67.2. The molecular weight excluding hydrogens is 522 g/mol. The highest BCUT2D eigenvalue weighted by Gasteiger charge is 2.60. The normalized spacial score (nSPS) is 23.9. The van der Waals surface area contributed by atoms with Gasteiger partial charge in [0.1, 0.15) is 22.8 Å². The second-order valence-electron chi connectivity index (χ2n) is 10.6. The Morgan fingerprint density at radius 3 is 2.40 bits per heavy atom. The highest BCUT2D eigenvalue weighted by Crippen LogP contribution is 2.54. The van der Waals surface area contributed by atoms with Gasteiger partial charge in [-0.25, -0.2) is 0 Å². The molecule has 40 heavy (non-hydrogen) atoms. The molecule has 0 radical (unpaired) electrons. The third-order valence-corrected chi connectivity index (χ3v) is 8.04. The van der Waals surface area contributed by atoms with Gasteiger partial charge in [-0.2, -0.15) is 0 Å². The summed E-state index contributed by atoms with van der Waals surface area (Å²) in [6, 6.07) is 5.91. The van der Waals surface area contributed by atoms with Gasteiger partial charge in [0, 0.05) is 44.2 Å². The van der Waals surface area contributed by atoms with Crippen LogP contribution in [0, 0.1) is 11.8 Å². The van der Waals surface area contributed by atoms with Gasteiger partial charge in [0.05, 0.1) is 11.3 Å². The number of phenolic OH excluding ortho intramolecular Hbond substituents is 3. The summed E-state index contributed by atoms with van der Waals surface area (Å²) >= 11 is 0. The molecule has 2 aromatic rings. The van der Waals surface area contributed by atoms with Gasteiger partial charge in [0.25, 0.3) is 5.91 Å². The minimum absolute atomic E-state index is 0.0330. The fourth-order valence-electron chi connectivity index (χ4n) is 6.08. The van der Waals surface area contributed by atoms with E-state index in [2.05, 4.69) is 5.32 Å². The number of nitrogens with one attached hydrogen (secondary N) is 1. The van der Waals surface area contributed by atoms with E-state index in [9.17, 15) is 45.0 Å². The lowest BCUT2D eigenvalue weighted by Crippen LogP contribution is -2.58. The summed E-state index contributed by atoms with van der Waals surface area (Å²) in [4.78, 5) is 39.8. The van der Waals surface area contributed by atoms with Gasteiger partial charge in [-0.3, -0.25) is 14.4 Å². The molecule has 5 rings (SSSR count). The van der Waals surface area contributed by atoms with Crippen LogP contribution in [0.5, 0.6) is 17.2 Å². The SMILES string of the molecule is CN(C)c1cc(NCc2ccc(O)c(O)c2)c(O)c2c1C[C@H]1C[C@H]3CC(=O)C(C(N)=O)=C(O)[C@@]3(O)C(=O)C1=C2O. The van der Waals surface area contributed by atoms with Crippen LogP contribution in [0.25, 0.3) is 5.76 Å². The fourth-order valence-corrected chi connectivity index (χ4v) is 6.08. The van der Waals surface area contributed by atoms with Crippen molar-refractivity contribution in [1.29, 1.82) is 0 Å². The predicted molar refractivity (Wildman–Crippen MR) is 143 cm³/mol. The molecule has 2 aromatic carbocycles. The van der Waals surface area contributed by atoms with Gasteiger partial charge in [-0.1, -0.05) is 6.07 Å². The van der Waals surface area contributed by atoms with E-state index in [1.54, 1.807) is 31.1 Å². The first-order chi connectivity index (χ1) is 18.8. The molecular formula is C28H29N3O9. The molecule has 0 unspecified atom stereocenters. The molecule has 9 N–H and O–H groups in total. The minimum Gasteiger partial charge on any atom is -0.508 e. The van der Waals surface area contributed by atoms with E-state index in [0.29, 0.717) is 16.8 Å². The molecule has 1 amide bonds. The number of aliphatic hydroxyl groups excluding tert-OH is 2. The van der Waals surface area contributed by atoms with Gasteiger partial charge < -0.3 is 46.6 Å². The van der Waals surface area contributed by atoms with Crippen molar-refractivity contribution in [2.24, 2.45) is 17.6 Å². The van der Waals surface area contributed by atoms with Crippen LogP contribution in [-0.4, -0.2) is 67.8 Å². The van der Waals surface area contributed by atoms with Crippen molar-refractivity contribution in [1.82, 2.24) is 0 Å². The Hall–Kier alpha value is -4.71. The topological polar surface area (TPSA) is 214 Å². The second-order valence-corrected chi connectivity index (χ2v) is 10.6. The van der Waals surface area contributed by atoms with Crippen LogP contribution in [0.2, 0.25) is 0 Å². The average molecular weight is 552 g/mol. The Morgan fingerprint density at radius 2 is 1.77 bits per heavy atom. The zero-order valence-electron chi connectivity index (χ0n) is 21.7. The Labute approximate surface area is 228 Å². The third-order valence-electron chi connectivity index (χ3n) is 8.04. The van der Waals surface area contributed by atoms with Crippen LogP contribution in [0.1, 0.15) is 29.5 Å². The Kier molecular flexibility index (Phi) is 6.18. The number of primary amides is 1. The molecule has 0 spiro atoms. The van der Waals surface area contributed by atoms with Crippen molar-refractivity contribution < 1.29 is 45.0 Å². The maximum absolute atomic E-state index is 13.7. The lowest BCUT2D eigenvalue weighted by atomic mass is 9.59. The van der Waals surface area contributed by atoms with Crippen LogP contribution >= 0.6 is 0 Å². The molecule has 0 aromatic heterocycles. The molecule has 1 fully saturated rings. The number of fused-ring (bicyclic) bond motifs is 3. The first-order valence-corrected chi connectivity index (χ1v) is 12.6. The van der Waals surface area contributed by atoms with E-state index in [0.717, 1.165) is 0 Å². The van der Waals surface area contributed by atoms with Crippen molar-refractivity contribution in [3.8, 4) is 17.2 Å². The van der Waals surface area contributed by atoms with E-state index in [-0.39, 0.29) is 59.9 Å². The number of carbonyl (C=O) groups excluding carboxylic acids is 3. The number of ketones is 2. The molecule has 12 heteroatoms. The molecule has 12 nitrogen and oxygen atoms in total. The fraction of sp³-hybridized carbons (Fsp3) is 0.321. The second kappa shape index (κ2) is 9.19. The predicted octanol–water partition coefficient (Wildman–Crippen LogP) is 1.51. The first kappa shape index (κ1) is 26.9. The van der Waals surface area contributed by atoms with Gasteiger partial charge in [0.15, 0.2) is 22.9 Å². The molecule has 210 valence electrons. The van der Waals surface area contributed by atoms with Crippen LogP contribution in [0.4, 0.5) is 11.4 Å². The quantitative estimate of drug-likeness (QED) is 0.197. The number of phenols is 3. The highest BCUT2D eigenvalue weighted by molar-refractivity contribution is 6.22. The number of rotatable bonds is 5. The van der Waals surface area contributed by atoms with E-state index < -0.39 is 52.0 Å². The van der Waals surface area contributed by atoms with E-state index in [1.165, 1.54) is 12.1 Å². The van der Waals surface area contributed by atoms with Crippen molar-refractivity contribution in [2.75, 3.05) is 24.3 Å². The standard InChI is InChI=1S/C28H29N3O9/c1-31(2)16-9-15(30-10-11-3-4-17(32)18(33)5-11)23(35)21-14(16)7-12-6-13-8-19(34)22(27(29)39)26(38)28(13,40)25(37)20(12)24(21)36/h3-5,9,12-13,30,32-33,35-36,38,40H,6-8,10H2,1-2H3,(H2,29,39)/t12-,13+,28+/m1/s1. The molecule has 0 heterocycles. The number of hydrogen-bond acceptors (Lipinski definition) is 11. The van der Waals surface area contributed by atoms with Crippen molar-refractivity contribution in [3.05, 3.63) is 57.9 Å². The van der Waals surface area contributed by atoms with Crippen molar-refractivity contribution >= 4 is 34.6 Å². The Bertz CT molecular complexity index is 1560. The number of nitrogens with zero attached hydrogens (tertiary/aromatic N) is 1. The van der Waals surface area contributed by atoms with Crippen LogP contribution in [0.15, 0.2) is 41.2 Å². The smallest absolute Gasteiger partial charge is 0.255 e. The summed E-state index contributed by atoms with van der Waals surface area (Å²) in [5.74, 6) is -7.47. The number of aromatic hydroxyl groups is 3. The minimum atomic E-state index is -2.63. The summed E-state index contributed by atoms with van der Waals surface area (Å²) in [5.41, 5.74) is 3.44. The first-order valence-electron chi connectivity index (χ1n) is 12.6. The molecule has 0 saturated heterocycles. The molecule has 3 atom stereocenters. The monoisotopic (exact) mass is 551 g/mol. The lowest BCUT2D eigenvalue weighted by molar-refractivity contribution is -0.147. The summed E-state index contributed by atoms with van der Waals surface area (Å²) in [6.07, 6.45) is -0.161. The van der Waals surface area contributed by atoms with Crippen LogP contribution in [0.3, 0.4) is 0 Å². The molecule has 3 aliphatic rings. The molecule has 3 aliphatic carbocycles. The summed E-state index contributed by atoms with van der Waals surface area (Å²) < 4.78 is 0. The number of nitrogens with two attached hydrogens (primary N) is 1. The molecule has 1 saturated carbocycles. The highest BCUT2D eigenvalue weighted by atomic mass is 16.3. The largest absolute Gasteiger partial charge is 0.508 e. The van der Waals surface area contributed by atoms with Gasteiger partial charge in [-0.15, -0.1) is 0 Å². The zero-order valence-corrected chi connectivity index (χ0v) is 21.7. The van der Waals surface area contributed by atoms with E-state index in [4.69, 9.17) is 5.73 Å². The van der Waals surface area contributed by atoms with Gasteiger partial charge in [-0.05, 0) is 48.1 Å². The number of hydrogen-bond donors (Lipinski definition) is 8. The number of benzene rings is 2. The lowest BCUT2D eigenvalue weighted by Gasteiger charge is -2.46. The van der Waals surface area contributed by atoms with Crippen LogP contribution in [-0.2, 0) is 27.3 Å². The zero-order chi connectivity index (χ0) is 29.3. The number of Topliss-reactive ketones (excluding diaryl/α,β-unsaturated/α-hetero) is 2. The Morgan fingerprint density at radius 1 is 1.07 bits per heavy atom. The van der Waals surface area contributed by atoms with Crippen molar-refractivity contribution in [3.63, 3.8) is 0 Å². The van der Waals surface area contributed by atoms with Crippen molar-refractivity contribution in [2.45, 2.75) is 31.4 Å². The van der Waals surface area contributed by atoms with E-state index in [1.807, 2.05) is 0 Å². The van der Waals surface area contributed by atoms with Gasteiger partial charge >= 0.3 is 0 Å². The number of aliphatic hydroxyl groups is 3. The average Bonchev–Trinajstić information content (AvgIpc) is 2.87. The van der Waals surface area contributed by atoms with E-state index >= 15 is 0 Å². The maximum atomic E-state index is 13.7. The summed E-state index contributed by atoms with van der Waals surface area (Å²) in [6.45, 7) is 0.121.